The minimum atomic E-state index is 0. The van der Waals surface area contributed by atoms with Crippen LogP contribution in [0.5, 0.6) is 0 Å². The molecule has 0 saturated carbocycles. The first-order chi connectivity index (χ1) is 9.95. The monoisotopic (exact) mass is 366 g/mol. The molecule has 0 bridgehead atoms. The standard InChI is InChI=1S/C15H26N4O2.2ClH/c1-11(16)4-5-15(20)18-6-7-21-14(9-18)10-19-13(3)8-12(2)17-19;;/h8,11,14H,4-7,9-10,16H2,1-3H3;2*1H. The molecule has 0 spiro atoms. The Bertz CT molecular complexity index is 494. The fourth-order valence-corrected chi connectivity index (χ4v) is 2.62. The Morgan fingerprint density at radius 3 is 2.74 bits per heavy atom. The van der Waals surface area contributed by atoms with Crippen LogP contribution < -0.4 is 5.73 Å². The number of ether oxygens (including phenoxy) is 1. The van der Waals surface area contributed by atoms with E-state index in [2.05, 4.69) is 5.10 Å². The third-order valence-corrected chi connectivity index (χ3v) is 3.78. The van der Waals surface area contributed by atoms with Crippen molar-refractivity contribution in [3.8, 4) is 0 Å². The summed E-state index contributed by atoms with van der Waals surface area (Å²) in [5.74, 6) is 0.175. The summed E-state index contributed by atoms with van der Waals surface area (Å²) in [5, 5.41) is 4.45. The predicted molar refractivity (Wildman–Crippen MR) is 95.4 cm³/mol. The summed E-state index contributed by atoms with van der Waals surface area (Å²) in [5.41, 5.74) is 7.84. The van der Waals surface area contributed by atoms with Crippen LogP contribution in [0, 0.1) is 13.8 Å². The first kappa shape index (κ1) is 22.2. The topological polar surface area (TPSA) is 73.4 Å². The molecule has 1 amide bonds. The molecular formula is C15H28Cl2N4O2. The second kappa shape index (κ2) is 10.1. The molecule has 2 unspecified atom stereocenters. The van der Waals surface area contributed by atoms with E-state index in [9.17, 15) is 4.79 Å². The highest BCUT2D eigenvalue weighted by atomic mass is 35.5. The third kappa shape index (κ3) is 6.67. The quantitative estimate of drug-likeness (QED) is 0.860. The zero-order chi connectivity index (χ0) is 15.4. The molecule has 8 heteroatoms. The SMILES string of the molecule is Cc1cc(C)n(CC2CN(C(=O)CCC(C)N)CCO2)n1.Cl.Cl. The molecule has 0 aliphatic carbocycles. The van der Waals surface area contributed by atoms with E-state index in [4.69, 9.17) is 10.5 Å². The number of amides is 1. The highest BCUT2D eigenvalue weighted by Gasteiger charge is 2.25. The molecule has 2 atom stereocenters. The molecule has 1 aliphatic heterocycles. The summed E-state index contributed by atoms with van der Waals surface area (Å²) < 4.78 is 7.73. The normalized spacial score (nSPS) is 18.8. The van der Waals surface area contributed by atoms with Crippen LogP contribution in [-0.2, 0) is 16.1 Å². The van der Waals surface area contributed by atoms with Crippen molar-refractivity contribution in [2.45, 2.75) is 52.3 Å². The van der Waals surface area contributed by atoms with Gasteiger partial charge < -0.3 is 15.4 Å². The Labute approximate surface area is 150 Å². The minimum absolute atomic E-state index is 0. The Morgan fingerprint density at radius 2 is 2.17 bits per heavy atom. The Morgan fingerprint density at radius 1 is 1.48 bits per heavy atom. The van der Waals surface area contributed by atoms with Gasteiger partial charge in [-0.15, -0.1) is 24.8 Å². The van der Waals surface area contributed by atoms with Crippen LogP contribution in [0.25, 0.3) is 0 Å². The van der Waals surface area contributed by atoms with Crippen LogP contribution in [0.4, 0.5) is 0 Å². The summed E-state index contributed by atoms with van der Waals surface area (Å²) in [6.07, 6.45) is 1.26. The van der Waals surface area contributed by atoms with Crippen molar-refractivity contribution in [2.75, 3.05) is 19.7 Å². The number of hydrogen-bond acceptors (Lipinski definition) is 4. The Balaban J connectivity index is 0.00000242. The lowest BCUT2D eigenvalue weighted by Crippen LogP contribution is -2.47. The van der Waals surface area contributed by atoms with Gasteiger partial charge in [-0.3, -0.25) is 9.48 Å². The van der Waals surface area contributed by atoms with Gasteiger partial charge >= 0.3 is 0 Å². The zero-order valence-electron chi connectivity index (χ0n) is 14.0. The minimum Gasteiger partial charge on any atom is -0.373 e. The van der Waals surface area contributed by atoms with E-state index >= 15 is 0 Å². The maximum absolute atomic E-state index is 12.2. The number of carbonyl (C=O) groups excluding carboxylic acids is 1. The lowest BCUT2D eigenvalue weighted by atomic mass is 10.1. The number of aryl methyl sites for hydroxylation is 2. The van der Waals surface area contributed by atoms with Gasteiger partial charge in [-0.1, -0.05) is 0 Å². The van der Waals surface area contributed by atoms with Gasteiger partial charge in [0.2, 0.25) is 5.91 Å². The van der Waals surface area contributed by atoms with Crippen molar-refractivity contribution < 1.29 is 9.53 Å². The van der Waals surface area contributed by atoms with Crippen molar-refractivity contribution in [3.05, 3.63) is 17.5 Å². The maximum atomic E-state index is 12.2. The number of halogens is 2. The first-order valence-corrected chi connectivity index (χ1v) is 7.61. The smallest absolute Gasteiger partial charge is 0.222 e. The largest absolute Gasteiger partial charge is 0.373 e. The number of nitrogens with zero attached hydrogens (tertiary/aromatic N) is 3. The van der Waals surface area contributed by atoms with Gasteiger partial charge in [0.1, 0.15) is 0 Å². The second-order valence-electron chi connectivity index (χ2n) is 5.96. The first-order valence-electron chi connectivity index (χ1n) is 7.61. The van der Waals surface area contributed by atoms with E-state index in [1.54, 1.807) is 0 Å². The van der Waals surface area contributed by atoms with Crippen molar-refractivity contribution in [1.29, 1.82) is 0 Å². The van der Waals surface area contributed by atoms with Gasteiger partial charge in [0.05, 0.1) is 24.9 Å². The number of aromatic nitrogens is 2. The molecule has 2 heterocycles. The van der Waals surface area contributed by atoms with E-state index in [1.807, 2.05) is 36.4 Å². The van der Waals surface area contributed by atoms with E-state index in [0.29, 0.717) is 32.7 Å². The number of nitrogens with two attached hydrogens (primary N) is 1. The average molecular weight is 367 g/mol. The van der Waals surface area contributed by atoms with Crippen LogP contribution in [0.3, 0.4) is 0 Å². The number of rotatable bonds is 5. The van der Waals surface area contributed by atoms with Crippen LogP contribution in [0.2, 0.25) is 0 Å². The number of hydrogen-bond donors (Lipinski definition) is 1. The van der Waals surface area contributed by atoms with Crippen LogP contribution in [0.15, 0.2) is 6.07 Å². The number of morpholine rings is 1. The molecule has 1 aromatic rings. The lowest BCUT2D eigenvalue weighted by Gasteiger charge is -2.33. The number of carbonyl (C=O) groups is 1. The molecule has 1 fully saturated rings. The third-order valence-electron chi connectivity index (χ3n) is 3.78. The van der Waals surface area contributed by atoms with E-state index in [0.717, 1.165) is 17.8 Å². The van der Waals surface area contributed by atoms with Crippen LogP contribution in [-0.4, -0.2) is 52.4 Å². The van der Waals surface area contributed by atoms with Crippen molar-refractivity contribution in [3.63, 3.8) is 0 Å². The molecule has 1 aromatic heterocycles. The van der Waals surface area contributed by atoms with Gasteiger partial charge in [-0.05, 0) is 33.3 Å². The molecule has 23 heavy (non-hydrogen) atoms. The van der Waals surface area contributed by atoms with Gasteiger partial charge in [-0.25, -0.2) is 0 Å². The molecule has 0 radical (unpaired) electrons. The van der Waals surface area contributed by atoms with E-state index < -0.39 is 0 Å². The van der Waals surface area contributed by atoms with Gasteiger partial charge in [0.25, 0.3) is 0 Å². The fourth-order valence-electron chi connectivity index (χ4n) is 2.62. The van der Waals surface area contributed by atoms with Gasteiger partial charge in [0, 0.05) is 31.2 Å². The predicted octanol–water partition coefficient (Wildman–Crippen LogP) is 1.70. The average Bonchev–Trinajstić information content (AvgIpc) is 2.74. The molecule has 134 valence electrons. The summed E-state index contributed by atoms with van der Waals surface area (Å²) in [7, 11) is 0. The molecule has 1 saturated heterocycles. The van der Waals surface area contributed by atoms with Crippen molar-refractivity contribution >= 4 is 30.7 Å². The highest BCUT2D eigenvalue weighted by Crippen LogP contribution is 2.12. The fraction of sp³-hybridized carbons (Fsp3) is 0.733. The second-order valence-corrected chi connectivity index (χ2v) is 5.96. The zero-order valence-corrected chi connectivity index (χ0v) is 15.7. The van der Waals surface area contributed by atoms with Crippen LogP contribution >= 0.6 is 24.8 Å². The molecule has 2 rings (SSSR count). The van der Waals surface area contributed by atoms with E-state index in [-0.39, 0.29) is 42.9 Å². The van der Waals surface area contributed by atoms with Crippen molar-refractivity contribution in [1.82, 2.24) is 14.7 Å². The van der Waals surface area contributed by atoms with Crippen molar-refractivity contribution in [2.24, 2.45) is 5.73 Å². The van der Waals surface area contributed by atoms with Gasteiger partial charge in [0.15, 0.2) is 0 Å². The van der Waals surface area contributed by atoms with Crippen LogP contribution in [0.1, 0.15) is 31.2 Å². The summed E-state index contributed by atoms with van der Waals surface area (Å²) >= 11 is 0. The molecule has 1 aliphatic rings. The molecule has 0 aromatic carbocycles. The Hall–Kier alpha value is -0.820. The summed E-state index contributed by atoms with van der Waals surface area (Å²) in [6, 6.07) is 2.12. The summed E-state index contributed by atoms with van der Waals surface area (Å²) in [4.78, 5) is 14.1. The van der Waals surface area contributed by atoms with E-state index in [1.165, 1.54) is 0 Å². The molecule has 2 N–H and O–H groups in total. The Kier molecular flexibility index (Phi) is 9.77. The molecule has 6 nitrogen and oxygen atoms in total. The lowest BCUT2D eigenvalue weighted by molar-refractivity contribution is -0.139. The molecular weight excluding hydrogens is 339 g/mol. The highest BCUT2D eigenvalue weighted by molar-refractivity contribution is 5.85. The maximum Gasteiger partial charge on any atom is 0.222 e. The van der Waals surface area contributed by atoms with Gasteiger partial charge in [-0.2, -0.15) is 5.10 Å². The summed E-state index contributed by atoms with van der Waals surface area (Å²) in [6.45, 7) is 8.54.